The van der Waals surface area contributed by atoms with Crippen LogP contribution in [0.3, 0.4) is 0 Å². The molecule has 0 bridgehead atoms. The highest BCUT2D eigenvalue weighted by Gasteiger charge is 2.66. The van der Waals surface area contributed by atoms with Gasteiger partial charge in [0.1, 0.15) is 17.8 Å². The van der Waals surface area contributed by atoms with Gasteiger partial charge in [0.25, 0.3) is 0 Å². The van der Waals surface area contributed by atoms with Gasteiger partial charge in [-0.05, 0) is 53.8 Å². The van der Waals surface area contributed by atoms with E-state index < -0.39 is 17.8 Å². The fraction of sp³-hybridized carbons (Fsp3) is 0.333. The van der Waals surface area contributed by atoms with Crippen LogP contribution in [0.25, 0.3) is 21.7 Å². The number of hydrogen-bond acceptors (Lipinski definition) is 8. The maximum Gasteiger partial charge on any atom is 0.413 e. The van der Waals surface area contributed by atoms with E-state index in [0.717, 1.165) is 26.6 Å². The van der Waals surface area contributed by atoms with Crippen LogP contribution in [-0.4, -0.2) is 37.7 Å². The molecule has 1 atom stereocenters. The van der Waals surface area contributed by atoms with E-state index in [2.05, 4.69) is 63.8 Å². The van der Waals surface area contributed by atoms with E-state index in [1.165, 1.54) is 12.4 Å². The van der Waals surface area contributed by atoms with Gasteiger partial charge in [-0.3, -0.25) is 9.97 Å². The number of aryl methyl sites for hydroxylation is 1. The first-order valence-electron chi connectivity index (χ1n) is 14.5. The third-order valence-electron chi connectivity index (χ3n) is 8.13. The average Bonchev–Trinajstić information content (AvgIpc) is 3.69. The van der Waals surface area contributed by atoms with Gasteiger partial charge in [0.05, 0.1) is 34.6 Å². The Morgan fingerprint density at radius 2 is 1.80 bits per heavy atom. The number of hydrogen-bond donors (Lipinski definition) is 2. The molecule has 3 heterocycles. The van der Waals surface area contributed by atoms with Gasteiger partial charge in [-0.15, -0.1) is 5.10 Å². The Morgan fingerprint density at radius 3 is 2.47 bits per heavy atom. The molecule has 2 N–H and O–H groups in total. The van der Waals surface area contributed by atoms with Crippen molar-refractivity contribution in [2.45, 2.75) is 58.3 Å². The number of alkyl halides is 3. The number of aromatic nitrogens is 5. The van der Waals surface area contributed by atoms with Crippen LogP contribution in [0.5, 0.6) is 0 Å². The normalized spacial score (nSPS) is 15.0. The Labute approximate surface area is 257 Å². The van der Waals surface area contributed by atoms with E-state index in [0.29, 0.717) is 34.4 Å². The van der Waals surface area contributed by atoms with E-state index >= 15 is 0 Å². The van der Waals surface area contributed by atoms with Gasteiger partial charge in [0, 0.05) is 41.6 Å². The van der Waals surface area contributed by atoms with Crippen molar-refractivity contribution in [3.63, 3.8) is 0 Å². The molecule has 5 aromatic rings. The van der Waals surface area contributed by atoms with Crippen molar-refractivity contribution in [3.8, 4) is 12.1 Å². The highest BCUT2D eigenvalue weighted by molar-refractivity contribution is 5.99. The average molecular weight is 610 g/mol. The fourth-order valence-corrected chi connectivity index (χ4v) is 5.64. The molecule has 2 aromatic carbocycles. The van der Waals surface area contributed by atoms with Crippen LogP contribution in [-0.2, 0) is 5.54 Å². The molecule has 1 saturated carbocycles. The van der Waals surface area contributed by atoms with Crippen molar-refractivity contribution in [1.29, 1.82) is 10.5 Å². The summed E-state index contributed by atoms with van der Waals surface area (Å²) in [5.41, 5.74) is 1.81. The van der Waals surface area contributed by atoms with Crippen LogP contribution in [0.1, 0.15) is 67.6 Å². The smallest absolute Gasteiger partial charge is 0.383 e. The summed E-state index contributed by atoms with van der Waals surface area (Å²) >= 11 is 0. The summed E-state index contributed by atoms with van der Waals surface area (Å²) in [5, 5.41) is 37.3. The molecule has 0 saturated heterocycles. The van der Waals surface area contributed by atoms with Gasteiger partial charge in [0.2, 0.25) is 0 Å². The highest BCUT2D eigenvalue weighted by Crippen LogP contribution is 2.55. The third kappa shape index (κ3) is 5.37. The molecule has 0 amide bonds. The molecule has 0 radical (unpaired) electrons. The molecule has 0 spiro atoms. The van der Waals surface area contributed by atoms with Gasteiger partial charge in [-0.1, -0.05) is 44.2 Å². The lowest BCUT2D eigenvalue weighted by Crippen LogP contribution is -2.35. The summed E-state index contributed by atoms with van der Waals surface area (Å²) in [5.74, 6) is 0. The van der Waals surface area contributed by atoms with Crippen LogP contribution >= 0.6 is 0 Å². The lowest BCUT2D eigenvalue weighted by molar-refractivity contribution is -0.182. The first kappa shape index (κ1) is 29.8. The Hall–Kier alpha value is -5.23. The van der Waals surface area contributed by atoms with Crippen molar-refractivity contribution in [2.24, 2.45) is 5.41 Å². The van der Waals surface area contributed by atoms with Crippen molar-refractivity contribution in [1.82, 2.24) is 25.0 Å². The predicted molar refractivity (Wildman–Crippen MR) is 164 cm³/mol. The summed E-state index contributed by atoms with van der Waals surface area (Å²) < 4.78 is 43.0. The minimum Gasteiger partial charge on any atom is -0.383 e. The summed E-state index contributed by atoms with van der Waals surface area (Å²) in [6.07, 6.45) is 1.67. The SMILES string of the molecule is Cc1cncc2cccc([C@H](Nc3cc(C#N)c4ncc(C#N)c(NCC(C)(C)C)c4c3)c3cn(C4(C(F)(F)F)CC4)nn3)c12. The van der Waals surface area contributed by atoms with Crippen LogP contribution < -0.4 is 10.6 Å². The van der Waals surface area contributed by atoms with Crippen molar-refractivity contribution in [2.75, 3.05) is 17.2 Å². The molecule has 1 aliphatic carbocycles. The molecule has 9 nitrogen and oxygen atoms in total. The van der Waals surface area contributed by atoms with Crippen LogP contribution in [0.4, 0.5) is 24.5 Å². The number of nitrogens with one attached hydrogen (secondary N) is 2. The third-order valence-corrected chi connectivity index (χ3v) is 8.13. The van der Waals surface area contributed by atoms with E-state index in [4.69, 9.17) is 0 Å². The molecule has 0 unspecified atom stereocenters. The molecule has 6 rings (SSSR count). The molecule has 12 heteroatoms. The van der Waals surface area contributed by atoms with Crippen LogP contribution in [0.15, 0.2) is 55.1 Å². The summed E-state index contributed by atoms with van der Waals surface area (Å²) in [6, 6.07) is 12.7. The quantitative estimate of drug-likeness (QED) is 0.199. The number of fused-ring (bicyclic) bond motifs is 2. The Morgan fingerprint density at radius 1 is 1.04 bits per heavy atom. The zero-order chi connectivity index (χ0) is 32.1. The summed E-state index contributed by atoms with van der Waals surface area (Å²) in [4.78, 5) is 8.73. The van der Waals surface area contributed by atoms with Gasteiger partial charge in [0.15, 0.2) is 5.54 Å². The lowest BCUT2D eigenvalue weighted by atomic mass is 9.94. The first-order valence-corrected chi connectivity index (χ1v) is 14.5. The Kier molecular flexibility index (Phi) is 7.12. The molecule has 1 fully saturated rings. The molecular weight excluding hydrogens is 579 g/mol. The minimum absolute atomic E-state index is 0.0643. The largest absolute Gasteiger partial charge is 0.413 e. The summed E-state index contributed by atoms with van der Waals surface area (Å²) in [6.45, 7) is 8.66. The number of benzene rings is 2. The lowest BCUT2D eigenvalue weighted by Gasteiger charge is -2.23. The van der Waals surface area contributed by atoms with Gasteiger partial charge in [-0.2, -0.15) is 23.7 Å². The van der Waals surface area contributed by atoms with Gasteiger partial charge < -0.3 is 10.6 Å². The number of halogens is 3. The zero-order valence-electron chi connectivity index (χ0n) is 25.2. The maximum absolute atomic E-state index is 14.0. The second-order valence-electron chi connectivity index (χ2n) is 12.7. The Balaban J connectivity index is 1.53. The number of pyridine rings is 2. The predicted octanol–water partition coefficient (Wildman–Crippen LogP) is 7.14. The van der Waals surface area contributed by atoms with Gasteiger partial charge in [-0.25, -0.2) is 4.68 Å². The van der Waals surface area contributed by atoms with E-state index in [9.17, 15) is 23.7 Å². The molecule has 0 aliphatic heterocycles. The second kappa shape index (κ2) is 10.7. The monoisotopic (exact) mass is 609 g/mol. The molecule has 45 heavy (non-hydrogen) atoms. The molecule has 1 aliphatic rings. The van der Waals surface area contributed by atoms with Crippen molar-refractivity contribution in [3.05, 3.63) is 83.1 Å². The number of nitriles is 2. The second-order valence-corrected chi connectivity index (χ2v) is 12.7. The fourth-order valence-electron chi connectivity index (χ4n) is 5.64. The van der Waals surface area contributed by atoms with Crippen molar-refractivity contribution >= 4 is 33.1 Å². The van der Waals surface area contributed by atoms with E-state index in [1.54, 1.807) is 24.5 Å². The standard InChI is InChI=1S/C33H30F3N9/c1-19-14-39-15-20-6-5-7-24(27(19)20)30(26-17-45(44-43-26)32(8-9-32)33(34,35)36)42-23-10-21(12-37)28-25(11-23)29(22(13-38)16-40-28)41-18-31(2,3)4/h5-7,10-11,14-17,30,42H,8-9,18H2,1-4H3,(H,40,41)/t30-/m0/s1. The van der Waals surface area contributed by atoms with E-state index in [-0.39, 0.29) is 29.5 Å². The zero-order valence-corrected chi connectivity index (χ0v) is 25.2. The van der Waals surface area contributed by atoms with Gasteiger partial charge >= 0.3 is 6.18 Å². The van der Waals surface area contributed by atoms with Crippen LogP contribution in [0, 0.1) is 35.0 Å². The highest BCUT2D eigenvalue weighted by atomic mass is 19.4. The van der Waals surface area contributed by atoms with Crippen molar-refractivity contribution < 1.29 is 13.2 Å². The number of rotatable bonds is 7. The topological polar surface area (TPSA) is 128 Å². The molecular formula is C33H30F3N9. The first-order chi connectivity index (χ1) is 21.3. The minimum atomic E-state index is -4.47. The summed E-state index contributed by atoms with van der Waals surface area (Å²) in [7, 11) is 0. The van der Waals surface area contributed by atoms with Crippen LogP contribution in [0.2, 0.25) is 0 Å². The molecule has 228 valence electrons. The van der Waals surface area contributed by atoms with E-state index in [1.807, 2.05) is 25.1 Å². The Bertz CT molecular complexity index is 2020. The number of anilines is 2. The molecule has 3 aromatic heterocycles. The number of nitrogens with zero attached hydrogens (tertiary/aromatic N) is 7. The maximum atomic E-state index is 14.0.